The highest BCUT2D eigenvalue weighted by Gasteiger charge is 2.08. The summed E-state index contributed by atoms with van der Waals surface area (Å²) in [7, 11) is 0. The average molecular weight is 263 g/mol. The van der Waals surface area contributed by atoms with Crippen LogP contribution in [0, 0.1) is 0 Å². The molecule has 100 valence electrons. The van der Waals surface area contributed by atoms with Crippen LogP contribution >= 0.6 is 0 Å². The van der Waals surface area contributed by atoms with Gasteiger partial charge in [-0.15, -0.1) is 0 Å². The van der Waals surface area contributed by atoms with Crippen LogP contribution in [-0.2, 0) is 0 Å². The van der Waals surface area contributed by atoms with E-state index in [2.05, 4.69) is 29.4 Å². The number of pyridine rings is 1. The summed E-state index contributed by atoms with van der Waals surface area (Å²) in [5.74, 6) is 0. The van der Waals surface area contributed by atoms with Gasteiger partial charge in [-0.2, -0.15) is 0 Å². The lowest BCUT2D eigenvalue weighted by Gasteiger charge is -2.17. The first-order chi connectivity index (χ1) is 9.74. The van der Waals surface area contributed by atoms with Gasteiger partial charge in [0, 0.05) is 29.0 Å². The van der Waals surface area contributed by atoms with Crippen molar-refractivity contribution in [3.63, 3.8) is 0 Å². The van der Waals surface area contributed by atoms with E-state index in [0.717, 1.165) is 22.3 Å². The Balaban J connectivity index is 1.93. The molecule has 0 aliphatic rings. The summed E-state index contributed by atoms with van der Waals surface area (Å²) in [6, 6.07) is 18.3. The molecule has 0 amide bonds. The van der Waals surface area contributed by atoms with Crippen LogP contribution in [0.1, 0.15) is 18.5 Å². The number of benzene rings is 2. The Bertz CT molecular complexity index is 732. The summed E-state index contributed by atoms with van der Waals surface area (Å²) in [5.41, 5.74) is 9.89. The molecule has 0 saturated carbocycles. The van der Waals surface area contributed by atoms with E-state index < -0.39 is 0 Å². The van der Waals surface area contributed by atoms with Crippen LogP contribution in [0.15, 0.2) is 60.8 Å². The zero-order valence-corrected chi connectivity index (χ0v) is 11.4. The quantitative estimate of drug-likeness (QED) is 0.702. The van der Waals surface area contributed by atoms with Crippen LogP contribution in [0.5, 0.6) is 0 Å². The van der Waals surface area contributed by atoms with Gasteiger partial charge in [-0.25, -0.2) is 0 Å². The fourth-order valence-corrected chi connectivity index (χ4v) is 2.37. The Morgan fingerprint density at radius 3 is 2.75 bits per heavy atom. The number of hydrogen-bond donors (Lipinski definition) is 2. The van der Waals surface area contributed by atoms with Gasteiger partial charge >= 0.3 is 0 Å². The van der Waals surface area contributed by atoms with E-state index in [1.807, 2.05) is 48.7 Å². The van der Waals surface area contributed by atoms with E-state index in [1.165, 1.54) is 5.56 Å². The Kier molecular flexibility index (Phi) is 3.25. The second kappa shape index (κ2) is 5.21. The highest BCUT2D eigenvalue weighted by atomic mass is 14.9. The van der Waals surface area contributed by atoms with Crippen molar-refractivity contribution >= 4 is 22.3 Å². The minimum atomic E-state index is 0.185. The fraction of sp³-hybridized carbons (Fsp3) is 0.118. The van der Waals surface area contributed by atoms with Crippen LogP contribution in [0.25, 0.3) is 10.9 Å². The molecular weight excluding hydrogens is 246 g/mol. The molecule has 0 aliphatic heterocycles. The smallest absolute Gasteiger partial charge is 0.0722 e. The number of rotatable bonds is 3. The monoisotopic (exact) mass is 263 g/mol. The second-order valence-corrected chi connectivity index (χ2v) is 4.91. The maximum atomic E-state index is 5.84. The van der Waals surface area contributed by atoms with E-state index in [1.54, 1.807) is 0 Å². The van der Waals surface area contributed by atoms with Crippen molar-refractivity contribution < 1.29 is 0 Å². The topological polar surface area (TPSA) is 50.9 Å². The van der Waals surface area contributed by atoms with Gasteiger partial charge in [0.15, 0.2) is 0 Å². The third kappa shape index (κ3) is 2.43. The third-order valence-corrected chi connectivity index (χ3v) is 3.43. The number of anilines is 2. The molecule has 1 heterocycles. The lowest BCUT2D eigenvalue weighted by atomic mass is 10.1. The first-order valence-corrected chi connectivity index (χ1v) is 6.70. The van der Waals surface area contributed by atoms with Crippen molar-refractivity contribution in [1.29, 1.82) is 0 Å². The average Bonchev–Trinajstić information content (AvgIpc) is 2.47. The van der Waals surface area contributed by atoms with E-state index in [9.17, 15) is 0 Å². The molecule has 3 N–H and O–H groups in total. The van der Waals surface area contributed by atoms with Crippen molar-refractivity contribution in [1.82, 2.24) is 4.98 Å². The lowest BCUT2D eigenvalue weighted by molar-refractivity contribution is 0.887. The number of fused-ring (bicyclic) bond motifs is 1. The highest BCUT2D eigenvalue weighted by molar-refractivity contribution is 5.91. The van der Waals surface area contributed by atoms with Crippen LogP contribution < -0.4 is 11.1 Å². The van der Waals surface area contributed by atoms with E-state index >= 15 is 0 Å². The predicted octanol–water partition coefficient (Wildman–Crippen LogP) is 3.99. The normalized spacial score (nSPS) is 12.2. The molecule has 3 aromatic rings. The Morgan fingerprint density at radius 2 is 1.90 bits per heavy atom. The molecule has 0 spiro atoms. The second-order valence-electron chi connectivity index (χ2n) is 4.91. The van der Waals surface area contributed by atoms with Gasteiger partial charge in [0.25, 0.3) is 0 Å². The molecule has 0 radical (unpaired) electrons. The summed E-state index contributed by atoms with van der Waals surface area (Å²) in [5, 5.41) is 4.66. The molecule has 0 fully saturated rings. The van der Waals surface area contributed by atoms with Gasteiger partial charge < -0.3 is 11.1 Å². The van der Waals surface area contributed by atoms with Crippen LogP contribution in [-0.4, -0.2) is 4.98 Å². The van der Waals surface area contributed by atoms with Gasteiger partial charge in [0.05, 0.1) is 5.52 Å². The largest absolute Gasteiger partial charge is 0.399 e. The number of para-hydroxylation sites is 1. The lowest BCUT2D eigenvalue weighted by Crippen LogP contribution is -2.07. The number of nitrogens with one attached hydrogen (secondary N) is 1. The van der Waals surface area contributed by atoms with E-state index in [0.29, 0.717) is 0 Å². The number of nitrogens with zero attached hydrogens (tertiary/aromatic N) is 1. The zero-order chi connectivity index (χ0) is 13.9. The van der Waals surface area contributed by atoms with Gasteiger partial charge in [0.1, 0.15) is 0 Å². The van der Waals surface area contributed by atoms with E-state index in [4.69, 9.17) is 5.73 Å². The summed E-state index contributed by atoms with van der Waals surface area (Å²) in [6.07, 6.45) is 1.83. The fourth-order valence-electron chi connectivity index (χ4n) is 2.37. The van der Waals surface area contributed by atoms with Gasteiger partial charge in [-0.3, -0.25) is 4.98 Å². The van der Waals surface area contributed by atoms with Crippen molar-refractivity contribution in [2.24, 2.45) is 0 Å². The molecule has 1 unspecified atom stereocenters. The molecule has 3 heteroatoms. The van der Waals surface area contributed by atoms with Crippen LogP contribution in [0.3, 0.4) is 0 Å². The molecule has 1 atom stereocenters. The van der Waals surface area contributed by atoms with Crippen molar-refractivity contribution in [2.75, 3.05) is 11.1 Å². The molecule has 0 bridgehead atoms. The van der Waals surface area contributed by atoms with Gasteiger partial charge in [0.2, 0.25) is 0 Å². The first kappa shape index (κ1) is 12.5. The number of aromatic nitrogens is 1. The van der Waals surface area contributed by atoms with Crippen LogP contribution in [0.2, 0.25) is 0 Å². The van der Waals surface area contributed by atoms with Crippen molar-refractivity contribution in [3.8, 4) is 0 Å². The van der Waals surface area contributed by atoms with Crippen molar-refractivity contribution in [3.05, 3.63) is 66.4 Å². The Hall–Kier alpha value is -2.55. The van der Waals surface area contributed by atoms with E-state index in [-0.39, 0.29) is 6.04 Å². The predicted molar refractivity (Wildman–Crippen MR) is 84.6 cm³/mol. The molecule has 0 aliphatic carbocycles. The minimum Gasteiger partial charge on any atom is -0.399 e. The molecule has 0 saturated heterocycles. The molecular formula is C17H17N3. The zero-order valence-electron chi connectivity index (χ0n) is 11.4. The molecule has 20 heavy (non-hydrogen) atoms. The third-order valence-electron chi connectivity index (χ3n) is 3.43. The molecule has 1 aromatic heterocycles. The summed E-state index contributed by atoms with van der Waals surface area (Å²) in [4.78, 5) is 4.38. The SMILES string of the molecule is CC(Nc1ccnc2ccccc12)c1cccc(N)c1. The summed E-state index contributed by atoms with van der Waals surface area (Å²) >= 11 is 0. The van der Waals surface area contributed by atoms with Crippen LogP contribution in [0.4, 0.5) is 11.4 Å². The van der Waals surface area contributed by atoms with Gasteiger partial charge in [-0.05, 0) is 36.8 Å². The number of hydrogen-bond acceptors (Lipinski definition) is 3. The maximum Gasteiger partial charge on any atom is 0.0722 e. The summed E-state index contributed by atoms with van der Waals surface area (Å²) in [6.45, 7) is 2.13. The Labute approximate surface area is 118 Å². The molecule has 3 rings (SSSR count). The molecule has 2 aromatic carbocycles. The maximum absolute atomic E-state index is 5.84. The van der Waals surface area contributed by atoms with Crippen molar-refractivity contribution in [2.45, 2.75) is 13.0 Å². The number of nitrogens with two attached hydrogens (primary N) is 1. The molecule has 3 nitrogen and oxygen atoms in total. The Morgan fingerprint density at radius 1 is 1.05 bits per heavy atom. The summed E-state index contributed by atoms with van der Waals surface area (Å²) < 4.78 is 0. The highest BCUT2D eigenvalue weighted by Crippen LogP contribution is 2.26. The first-order valence-electron chi connectivity index (χ1n) is 6.70. The van der Waals surface area contributed by atoms with Gasteiger partial charge in [-0.1, -0.05) is 30.3 Å². The standard InChI is InChI=1S/C17H17N3/c1-12(13-5-4-6-14(18)11-13)20-17-9-10-19-16-8-3-2-7-15(16)17/h2-12H,18H2,1H3,(H,19,20). The number of nitrogen functional groups attached to an aromatic ring is 1. The minimum absolute atomic E-state index is 0.185.